The van der Waals surface area contributed by atoms with Crippen LogP contribution in [0.1, 0.15) is 34.6 Å². The molecule has 0 unspecified atom stereocenters. The molecule has 0 aromatic rings. The molecule has 172 valence electrons. The molecule has 30 heavy (non-hydrogen) atoms. The van der Waals surface area contributed by atoms with Gasteiger partial charge in [-0.2, -0.15) is 0 Å². The summed E-state index contributed by atoms with van der Waals surface area (Å²) >= 11 is 0. The normalized spacial score (nSPS) is 26.0. The van der Waals surface area contributed by atoms with E-state index in [-0.39, 0.29) is 13.2 Å². The van der Waals surface area contributed by atoms with Crippen molar-refractivity contribution in [3.63, 3.8) is 0 Å². The molecule has 13 heteroatoms. The summed E-state index contributed by atoms with van der Waals surface area (Å²) in [7, 11) is -0.869. The number of rotatable bonds is 10. The molecule has 0 radical (unpaired) electrons. The van der Waals surface area contributed by atoms with E-state index >= 15 is 0 Å². The maximum absolute atomic E-state index is 12.3. The van der Waals surface area contributed by atoms with E-state index in [9.17, 15) is 19.2 Å². The molecule has 1 rings (SSSR count). The lowest BCUT2D eigenvalue weighted by atomic mass is 9.98. The molecule has 1 aliphatic rings. The van der Waals surface area contributed by atoms with E-state index in [1.807, 2.05) is 0 Å². The van der Waals surface area contributed by atoms with Gasteiger partial charge in [-0.15, -0.1) is 0 Å². The molecule has 0 aromatic heterocycles. The Kier molecular flexibility index (Phi) is 11.1. The number of carbonyl (C=O) groups is 4. The summed E-state index contributed by atoms with van der Waals surface area (Å²) in [6, 6.07) is 0. The summed E-state index contributed by atoms with van der Waals surface area (Å²) in [5.74, 6) is -3.26. The Morgan fingerprint density at radius 3 is 1.70 bits per heavy atom. The molecule has 1 fully saturated rings. The van der Waals surface area contributed by atoms with Gasteiger partial charge in [-0.1, -0.05) is 0 Å². The highest BCUT2D eigenvalue weighted by atomic mass is 31.2. The second-order valence-electron chi connectivity index (χ2n) is 5.83. The lowest BCUT2D eigenvalue weighted by Gasteiger charge is -2.43. The van der Waals surface area contributed by atoms with Crippen molar-refractivity contribution >= 4 is 32.5 Å². The first-order valence-corrected chi connectivity index (χ1v) is 10.2. The van der Waals surface area contributed by atoms with Crippen LogP contribution in [-0.4, -0.2) is 74.9 Å². The summed E-state index contributed by atoms with van der Waals surface area (Å²) in [6.45, 7) is 7.19. The quantitative estimate of drug-likeness (QED) is 0.264. The van der Waals surface area contributed by atoms with Crippen LogP contribution >= 0.6 is 8.60 Å². The highest BCUT2D eigenvalue weighted by Gasteiger charge is 2.56. The zero-order chi connectivity index (χ0) is 22.8. The minimum Gasteiger partial charge on any atom is -0.467 e. The van der Waals surface area contributed by atoms with Gasteiger partial charge in [-0.3, -0.25) is 18.9 Å². The molecule has 1 aliphatic heterocycles. The van der Waals surface area contributed by atoms with Crippen LogP contribution in [0.4, 0.5) is 0 Å². The summed E-state index contributed by atoms with van der Waals surface area (Å²) in [5, 5.41) is 0. The Labute approximate surface area is 175 Å². The Morgan fingerprint density at radius 2 is 1.27 bits per heavy atom. The van der Waals surface area contributed by atoms with Crippen molar-refractivity contribution in [1.29, 1.82) is 0 Å². The van der Waals surface area contributed by atoms with Gasteiger partial charge in [0.05, 0.1) is 20.3 Å². The van der Waals surface area contributed by atoms with Crippen molar-refractivity contribution in [2.24, 2.45) is 0 Å². The van der Waals surface area contributed by atoms with Gasteiger partial charge in [-0.05, 0) is 13.8 Å². The third-order valence-corrected chi connectivity index (χ3v) is 4.81. The van der Waals surface area contributed by atoms with Crippen molar-refractivity contribution in [3.05, 3.63) is 0 Å². The molecule has 0 amide bonds. The van der Waals surface area contributed by atoms with Crippen molar-refractivity contribution in [1.82, 2.24) is 0 Å². The van der Waals surface area contributed by atoms with Crippen LogP contribution in [-0.2, 0) is 56.4 Å². The van der Waals surface area contributed by atoms with Gasteiger partial charge < -0.3 is 32.7 Å². The number of ether oxygens (including phenoxy) is 5. The van der Waals surface area contributed by atoms with E-state index in [1.54, 1.807) is 13.8 Å². The molecule has 1 saturated heterocycles. The first-order chi connectivity index (χ1) is 14.1. The van der Waals surface area contributed by atoms with Crippen LogP contribution in [0.15, 0.2) is 0 Å². The molecule has 12 nitrogen and oxygen atoms in total. The van der Waals surface area contributed by atoms with Crippen LogP contribution in [0.3, 0.4) is 0 Å². The molecule has 0 bridgehead atoms. The van der Waals surface area contributed by atoms with Gasteiger partial charge in [0.25, 0.3) is 0 Å². The molecule has 0 aromatic carbocycles. The second kappa shape index (κ2) is 12.8. The predicted molar refractivity (Wildman–Crippen MR) is 98.6 cm³/mol. The van der Waals surface area contributed by atoms with E-state index in [0.29, 0.717) is 0 Å². The minimum atomic E-state index is -1.96. The topological polar surface area (TPSA) is 142 Å². The largest absolute Gasteiger partial charge is 0.467 e. The summed E-state index contributed by atoms with van der Waals surface area (Å²) in [4.78, 5) is 47.3. The maximum atomic E-state index is 12.3. The molecule has 0 aliphatic carbocycles. The first kappa shape index (κ1) is 26.2. The van der Waals surface area contributed by atoms with Crippen LogP contribution in [0.5, 0.6) is 0 Å². The lowest BCUT2D eigenvalue weighted by molar-refractivity contribution is -0.284. The van der Waals surface area contributed by atoms with E-state index in [4.69, 9.17) is 37.3 Å². The van der Waals surface area contributed by atoms with E-state index in [0.717, 1.165) is 27.9 Å². The standard InChI is InChI=1S/C17H27O12P/c1-7-23-30(24-8-2)29-17-15(27-11(5)20)13(26-10(4)19)12(25-9(3)18)14(28-17)16(21)22-6/h12-15,17H,7-8H2,1-6H3/t12-,13-,14-,15+,17+/m0/s1. The van der Waals surface area contributed by atoms with E-state index < -0.39 is 63.2 Å². The third kappa shape index (κ3) is 7.77. The highest BCUT2D eigenvalue weighted by Crippen LogP contribution is 2.44. The number of methoxy groups -OCH3 is 1. The summed E-state index contributed by atoms with van der Waals surface area (Å²) in [5.41, 5.74) is 0. The molecular weight excluding hydrogens is 427 g/mol. The van der Waals surface area contributed by atoms with Crippen LogP contribution < -0.4 is 0 Å². The summed E-state index contributed by atoms with van der Waals surface area (Å²) < 4.78 is 42.3. The van der Waals surface area contributed by atoms with Crippen LogP contribution in [0, 0.1) is 0 Å². The van der Waals surface area contributed by atoms with Gasteiger partial charge in [-0.25, -0.2) is 4.79 Å². The molecule has 0 spiro atoms. The van der Waals surface area contributed by atoms with Crippen molar-refractivity contribution < 1.29 is 56.4 Å². The van der Waals surface area contributed by atoms with Gasteiger partial charge in [0.2, 0.25) is 6.29 Å². The zero-order valence-electron chi connectivity index (χ0n) is 17.6. The monoisotopic (exact) mass is 454 g/mol. The first-order valence-electron chi connectivity index (χ1n) is 9.12. The van der Waals surface area contributed by atoms with Crippen LogP contribution in [0.25, 0.3) is 0 Å². The summed E-state index contributed by atoms with van der Waals surface area (Å²) in [6.07, 6.45) is -7.30. The fourth-order valence-corrected chi connectivity index (χ4v) is 3.52. The van der Waals surface area contributed by atoms with Crippen molar-refractivity contribution in [3.8, 4) is 0 Å². The van der Waals surface area contributed by atoms with Crippen molar-refractivity contribution in [2.75, 3.05) is 20.3 Å². The van der Waals surface area contributed by atoms with E-state index in [1.165, 1.54) is 0 Å². The Hall–Kier alpha value is -1.85. The highest BCUT2D eigenvalue weighted by molar-refractivity contribution is 7.41. The van der Waals surface area contributed by atoms with Gasteiger partial charge in [0.15, 0.2) is 24.4 Å². The van der Waals surface area contributed by atoms with E-state index in [2.05, 4.69) is 0 Å². The Balaban J connectivity index is 3.38. The number of esters is 4. The molecule has 0 N–H and O–H groups in total. The Morgan fingerprint density at radius 1 is 0.800 bits per heavy atom. The minimum absolute atomic E-state index is 0.237. The number of hydrogen-bond donors (Lipinski definition) is 0. The fraction of sp³-hybridized carbons (Fsp3) is 0.765. The van der Waals surface area contributed by atoms with Gasteiger partial charge >= 0.3 is 32.5 Å². The predicted octanol–water partition coefficient (Wildman–Crippen LogP) is 0.996. The van der Waals surface area contributed by atoms with Gasteiger partial charge in [0.1, 0.15) is 0 Å². The smallest absolute Gasteiger partial charge is 0.339 e. The second-order valence-corrected chi connectivity index (χ2v) is 7.01. The number of hydrogen-bond acceptors (Lipinski definition) is 12. The average Bonchev–Trinajstić information content (AvgIpc) is 2.64. The molecule has 5 atom stereocenters. The fourth-order valence-electron chi connectivity index (χ4n) is 2.56. The molecular formula is C17H27O12P. The number of carbonyl (C=O) groups excluding carboxylic acids is 4. The SMILES string of the molecule is CCOP(OCC)O[C@H]1O[C@H](C(=O)OC)[C@@H](OC(C)=O)[C@H](OC(C)=O)[C@H]1OC(C)=O. The zero-order valence-corrected chi connectivity index (χ0v) is 18.5. The molecule has 0 saturated carbocycles. The maximum Gasteiger partial charge on any atom is 0.339 e. The molecule has 1 heterocycles. The van der Waals surface area contributed by atoms with Crippen LogP contribution in [0.2, 0.25) is 0 Å². The average molecular weight is 454 g/mol. The lowest BCUT2D eigenvalue weighted by Crippen LogP contribution is -2.63. The third-order valence-electron chi connectivity index (χ3n) is 3.49. The van der Waals surface area contributed by atoms with Crippen molar-refractivity contribution in [2.45, 2.75) is 65.3 Å². The van der Waals surface area contributed by atoms with Gasteiger partial charge in [0, 0.05) is 20.8 Å². The Bertz CT molecular complexity index is 606.